The third-order valence-electron chi connectivity index (χ3n) is 5.03. The van der Waals surface area contributed by atoms with Crippen molar-refractivity contribution in [2.24, 2.45) is 5.92 Å². The smallest absolute Gasteiger partial charge is 0.231 e. The molecule has 0 saturated heterocycles. The highest BCUT2D eigenvalue weighted by Crippen LogP contribution is 2.40. The van der Waals surface area contributed by atoms with Crippen molar-refractivity contribution in [3.05, 3.63) is 52.6 Å². The quantitative estimate of drug-likeness (QED) is 0.932. The van der Waals surface area contributed by atoms with E-state index in [-0.39, 0.29) is 26.1 Å². The van der Waals surface area contributed by atoms with Gasteiger partial charge in [0.15, 0.2) is 23.0 Å². The summed E-state index contributed by atoms with van der Waals surface area (Å²) in [6.45, 7) is 0.682. The summed E-state index contributed by atoms with van der Waals surface area (Å²) in [5, 5.41) is 9.87. The van der Waals surface area contributed by atoms with Crippen LogP contribution in [0.1, 0.15) is 16.7 Å². The average Bonchev–Trinajstić information content (AvgIpc) is 3.27. The first-order valence-corrected chi connectivity index (χ1v) is 8.42. The predicted molar refractivity (Wildman–Crippen MR) is 91.1 cm³/mol. The molecule has 2 aromatic carbocycles. The maximum Gasteiger partial charge on any atom is 0.231 e. The van der Waals surface area contributed by atoms with Crippen molar-refractivity contribution in [1.29, 1.82) is 0 Å². The monoisotopic (exact) mass is 338 g/mol. The molecule has 0 aromatic heterocycles. The number of hydrogen-bond donors (Lipinski definition) is 1. The van der Waals surface area contributed by atoms with E-state index >= 15 is 0 Å². The lowest BCUT2D eigenvalue weighted by molar-refractivity contribution is 0.173. The Hall–Kier alpha value is -2.66. The van der Waals surface area contributed by atoms with Crippen molar-refractivity contribution < 1.29 is 24.1 Å². The summed E-state index contributed by atoms with van der Waals surface area (Å²) in [4.78, 5) is 0. The number of fused-ring (bicyclic) bond motifs is 3. The molecule has 2 aromatic rings. The van der Waals surface area contributed by atoms with Crippen molar-refractivity contribution >= 4 is 6.08 Å². The molecule has 25 heavy (non-hydrogen) atoms. The van der Waals surface area contributed by atoms with Crippen LogP contribution in [-0.2, 0) is 12.8 Å². The van der Waals surface area contributed by atoms with Gasteiger partial charge in [-0.2, -0.15) is 0 Å². The fourth-order valence-electron chi connectivity index (χ4n) is 3.69. The number of hydrogen-bond acceptors (Lipinski definition) is 5. The van der Waals surface area contributed by atoms with Gasteiger partial charge in [0.1, 0.15) is 0 Å². The van der Waals surface area contributed by atoms with Crippen LogP contribution in [0.3, 0.4) is 0 Å². The number of benzene rings is 2. The van der Waals surface area contributed by atoms with Gasteiger partial charge in [-0.15, -0.1) is 0 Å². The van der Waals surface area contributed by atoms with Crippen molar-refractivity contribution in [3.8, 4) is 23.0 Å². The van der Waals surface area contributed by atoms with E-state index < -0.39 is 0 Å². The van der Waals surface area contributed by atoms with E-state index in [0.717, 1.165) is 47.0 Å². The SMILES string of the molecule is OCC1Cc2cc3c(cc2C=C1Cc1ccc2c(c1)OCO2)OCO3. The maximum atomic E-state index is 9.87. The lowest BCUT2D eigenvalue weighted by Gasteiger charge is -2.25. The molecular formula is C20H18O5. The van der Waals surface area contributed by atoms with Crippen LogP contribution >= 0.6 is 0 Å². The van der Waals surface area contributed by atoms with E-state index in [0.29, 0.717) is 0 Å². The lowest BCUT2D eigenvalue weighted by Crippen LogP contribution is -2.18. The van der Waals surface area contributed by atoms with Gasteiger partial charge >= 0.3 is 0 Å². The first-order chi connectivity index (χ1) is 12.3. The summed E-state index contributed by atoms with van der Waals surface area (Å²) in [6.07, 6.45) is 3.75. The van der Waals surface area contributed by atoms with E-state index in [9.17, 15) is 5.11 Å². The van der Waals surface area contributed by atoms with Gasteiger partial charge in [-0.3, -0.25) is 0 Å². The molecule has 5 rings (SSSR count). The van der Waals surface area contributed by atoms with Gasteiger partial charge in [0.05, 0.1) is 0 Å². The van der Waals surface area contributed by atoms with E-state index in [1.165, 1.54) is 11.1 Å². The highest BCUT2D eigenvalue weighted by molar-refractivity contribution is 5.66. The Morgan fingerprint density at radius 3 is 2.40 bits per heavy atom. The molecule has 0 saturated carbocycles. The molecule has 1 atom stereocenters. The van der Waals surface area contributed by atoms with E-state index in [4.69, 9.17) is 18.9 Å². The fourth-order valence-corrected chi connectivity index (χ4v) is 3.69. The molecule has 3 aliphatic rings. The Kier molecular flexibility index (Phi) is 3.35. The van der Waals surface area contributed by atoms with Crippen LogP contribution in [0.25, 0.3) is 6.08 Å². The first-order valence-electron chi connectivity index (χ1n) is 8.42. The van der Waals surface area contributed by atoms with E-state index in [1.807, 2.05) is 24.3 Å². The van der Waals surface area contributed by atoms with Crippen molar-refractivity contribution in [1.82, 2.24) is 0 Å². The Morgan fingerprint density at radius 1 is 0.880 bits per heavy atom. The highest BCUT2D eigenvalue weighted by atomic mass is 16.7. The number of rotatable bonds is 3. The zero-order chi connectivity index (χ0) is 16.8. The first kappa shape index (κ1) is 14.7. The summed E-state index contributed by atoms with van der Waals surface area (Å²) in [5.74, 6) is 3.28. The van der Waals surface area contributed by atoms with Crippen LogP contribution in [0.2, 0.25) is 0 Å². The normalized spacial score (nSPS) is 19.6. The fraction of sp³-hybridized carbons (Fsp3) is 0.300. The van der Waals surface area contributed by atoms with Crippen molar-refractivity contribution in [2.75, 3.05) is 20.2 Å². The zero-order valence-corrected chi connectivity index (χ0v) is 13.7. The molecule has 128 valence electrons. The van der Waals surface area contributed by atoms with Crippen LogP contribution in [0.5, 0.6) is 23.0 Å². The molecule has 2 aliphatic heterocycles. The number of aliphatic hydroxyl groups excluding tert-OH is 1. The van der Waals surface area contributed by atoms with E-state index in [1.54, 1.807) is 0 Å². The summed E-state index contributed by atoms with van der Waals surface area (Å²) in [7, 11) is 0. The Balaban J connectivity index is 1.48. The van der Waals surface area contributed by atoms with E-state index in [2.05, 4.69) is 12.1 Å². The summed E-state index contributed by atoms with van der Waals surface area (Å²) in [5.41, 5.74) is 4.70. The minimum Gasteiger partial charge on any atom is -0.454 e. The molecular weight excluding hydrogens is 320 g/mol. The Labute approximate surface area is 145 Å². The molecule has 5 nitrogen and oxygen atoms in total. The second kappa shape index (κ2) is 5.70. The van der Waals surface area contributed by atoms with Crippen molar-refractivity contribution in [2.45, 2.75) is 12.8 Å². The third kappa shape index (κ3) is 2.51. The molecule has 0 spiro atoms. The molecule has 0 amide bonds. The van der Waals surface area contributed by atoms with Crippen molar-refractivity contribution in [3.63, 3.8) is 0 Å². The summed E-state index contributed by atoms with van der Waals surface area (Å²) >= 11 is 0. The Morgan fingerprint density at radius 2 is 1.60 bits per heavy atom. The van der Waals surface area contributed by atoms with Gasteiger partial charge in [-0.05, 0) is 53.8 Å². The standard InChI is InChI=1S/C20H18O5/c21-9-16-6-15-8-20-19(24-11-25-20)7-14(15)5-13(16)3-12-1-2-17-18(4-12)23-10-22-17/h1-2,4-5,7-8,16,21H,3,6,9-11H2. The molecule has 2 heterocycles. The van der Waals surface area contributed by atoms with Gasteiger partial charge in [0.25, 0.3) is 0 Å². The van der Waals surface area contributed by atoms with Crippen LogP contribution < -0.4 is 18.9 Å². The largest absolute Gasteiger partial charge is 0.454 e. The van der Waals surface area contributed by atoms with Crippen LogP contribution in [0.4, 0.5) is 0 Å². The second-order valence-electron chi connectivity index (χ2n) is 6.57. The molecule has 1 N–H and O–H groups in total. The van der Waals surface area contributed by atoms with Gasteiger partial charge in [-0.1, -0.05) is 17.7 Å². The minimum absolute atomic E-state index is 0.110. The number of aliphatic hydroxyl groups is 1. The summed E-state index contributed by atoms with van der Waals surface area (Å²) < 4.78 is 21.8. The second-order valence-corrected chi connectivity index (χ2v) is 6.57. The lowest BCUT2D eigenvalue weighted by atomic mass is 9.81. The van der Waals surface area contributed by atoms with Gasteiger partial charge in [0, 0.05) is 12.5 Å². The average molecular weight is 338 g/mol. The highest BCUT2D eigenvalue weighted by Gasteiger charge is 2.25. The third-order valence-corrected chi connectivity index (χ3v) is 5.03. The number of ether oxygens (including phenoxy) is 4. The molecule has 1 unspecified atom stereocenters. The molecule has 5 heteroatoms. The van der Waals surface area contributed by atoms with Crippen LogP contribution in [-0.4, -0.2) is 25.3 Å². The van der Waals surface area contributed by atoms with Gasteiger partial charge < -0.3 is 24.1 Å². The zero-order valence-electron chi connectivity index (χ0n) is 13.7. The maximum absolute atomic E-state index is 9.87. The molecule has 0 bridgehead atoms. The molecule has 0 fully saturated rings. The summed E-state index contributed by atoms with van der Waals surface area (Å²) in [6, 6.07) is 10.1. The molecule has 1 aliphatic carbocycles. The van der Waals surface area contributed by atoms with Gasteiger partial charge in [-0.25, -0.2) is 0 Å². The molecule has 0 radical (unpaired) electrons. The van der Waals surface area contributed by atoms with Crippen LogP contribution in [0.15, 0.2) is 35.9 Å². The Bertz CT molecular complexity index is 871. The topological polar surface area (TPSA) is 57.2 Å². The predicted octanol–water partition coefficient (Wildman–Crippen LogP) is 2.93. The van der Waals surface area contributed by atoms with Gasteiger partial charge in [0.2, 0.25) is 13.6 Å². The minimum atomic E-state index is 0.110. The van der Waals surface area contributed by atoms with Crippen LogP contribution in [0, 0.1) is 5.92 Å².